The molecule has 1 aliphatic heterocycles. The molecule has 31 heavy (non-hydrogen) atoms. The Morgan fingerprint density at radius 2 is 1.97 bits per heavy atom. The molecule has 156 valence electrons. The number of benzene rings is 2. The number of ketones is 1. The third-order valence-electron chi connectivity index (χ3n) is 5.47. The van der Waals surface area contributed by atoms with Crippen molar-refractivity contribution in [1.29, 1.82) is 0 Å². The lowest BCUT2D eigenvalue weighted by Crippen LogP contribution is -2.15. The van der Waals surface area contributed by atoms with E-state index in [9.17, 15) is 9.18 Å². The Labute approximate surface area is 175 Å². The van der Waals surface area contributed by atoms with Crippen molar-refractivity contribution in [3.63, 3.8) is 0 Å². The van der Waals surface area contributed by atoms with Crippen molar-refractivity contribution in [2.45, 2.75) is 12.5 Å². The average Bonchev–Trinajstić information content (AvgIpc) is 3.42. The minimum atomic E-state index is -0.637. The van der Waals surface area contributed by atoms with Gasteiger partial charge in [-0.05, 0) is 37.2 Å². The molecule has 3 heterocycles. The van der Waals surface area contributed by atoms with Gasteiger partial charge in [-0.25, -0.2) is 23.4 Å². The molecular formula is C22H18F2N6O. The Morgan fingerprint density at radius 1 is 1.13 bits per heavy atom. The molecule has 0 bridgehead atoms. The summed E-state index contributed by atoms with van der Waals surface area (Å²) in [6.45, 7) is 1.58. The summed E-state index contributed by atoms with van der Waals surface area (Å²) >= 11 is 0. The van der Waals surface area contributed by atoms with Gasteiger partial charge in [-0.2, -0.15) is 5.10 Å². The van der Waals surface area contributed by atoms with E-state index in [1.54, 1.807) is 4.68 Å². The highest BCUT2D eigenvalue weighted by Gasteiger charge is 2.26. The van der Waals surface area contributed by atoms with E-state index in [2.05, 4.69) is 20.4 Å². The van der Waals surface area contributed by atoms with Crippen molar-refractivity contribution in [2.75, 3.05) is 18.8 Å². The first-order valence-corrected chi connectivity index (χ1v) is 9.82. The number of aromatic nitrogens is 4. The largest absolute Gasteiger partial charge is 0.383 e. The van der Waals surface area contributed by atoms with Crippen LogP contribution in [0, 0.1) is 11.6 Å². The molecule has 5 rings (SSSR count). The highest BCUT2D eigenvalue weighted by atomic mass is 19.1. The number of carbonyl (C=O) groups excluding carboxylic acids is 1. The fourth-order valence-electron chi connectivity index (χ4n) is 3.93. The van der Waals surface area contributed by atoms with Crippen molar-refractivity contribution in [3.8, 4) is 11.3 Å². The molecule has 1 saturated heterocycles. The summed E-state index contributed by atoms with van der Waals surface area (Å²) in [5.74, 6) is -1.44. The number of rotatable bonds is 4. The Bertz CT molecular complexity index is 1310. The zero-order valence-electron chi connectivity index (χ0n) is 16.3. The zero-order chi connectivity index (χ0) is 21.5. The monoisotopic (exact) mass is 420 g/mol. The molecule has 1 atom stereocenters. The molecule has 0 aliphatic carbocycles. The second kappa shape index (κ2) is 7.51. The van der Waals surface area contributed by atoms with Crippen LogP contribution in [0.4, 0.5) is 14.6 Å². The number of nitrogen functional groups attached to an aromatic ring is 1. The minimum absolute atomic E-state index is 0.0717. The van der Waals surface area contributed by atoms with E-state index >= 15 is 4.39 Å². The summed E-state index contributed by atoms with van der Waals surface area (Å²) in [5, 5.41) is 8.37. The number of anilines is 1. The minimum Gasteiger partial charge on any atom is -0.383 e. The molecule has 1 fully saturated rings. The summed E-state index contributed by atoms with van der Waals surface area (Å²) in [6, 6.07) is 9.46. The number of carbonyl (C=O) groups is 1. The van der Waals surface area contributed by atoms with Crippen LogP contribution in [0.1, 0.15) is 28.4 Å². The van der Waals surface area contributed by atoms with Gasteiger partial charge in [-0.3, -0.25) is 4.79 Å². The second-order valence-corrected chi connectivity index (χ2v) is 7.43. The SMILES string of the molecule is Nc1ncnc2c1c(-c1ccc(C(=O)c3cccc(F)c3)cc1F)nn2[C@@H]1CCNC1. The van der Waals surface area contributed by atoms with E-state index in [4.69, 9.17) is 5.73 Å². The fourth-order valence-corrected chi connectivity index (χ4v) is 3.93. The first kappa shape index (κ1) is 19.3. The Kier molecular flexibility index (Phi) is 4.67. The number of fused-ring (bicyclic) bond motifs is 1. The first-order chi connectivity index (χ1) is 15.0. The predicted molar refractivity (Wildman–Crippen MR) is 111 cm³/mol. The van der Waals surface area contributed by atoms with Gasteiger partial charge in [0.15, 0.2) is 11.4 Å². The molecule has 2 aromatic heterocycles. The van der Waals surface area contributed by atoms with E-state index in [-0.39, 0.29) is 28.6 Å². The Morgan fingerprint density at radius 3 is 2.71 bits per heavy atom. The summed E-state index contributed by atoms with van der Waals surface area (Å²) in [4.78, 5) is 21.0. The van der Waals surface area contributed by atoms with E-state index in [1.807, 2.05) is 0 Å². The van der Waals surface area contributed by atoms with E-state index in [0.29, 0.717) is 16.7 Å². The predicted octanol–water partition coefficient (Wildman–Crippen LogP) is 3.12. The molecule has 7 nitrogen and oxygen atoms in total. The van der Waals surface area contributed by atoms with Crippen LogP contribution in [0.25, 0.3) is 22.3 Å². The van der Waals surface area contributed by atoms with Gasteiger partial charge < -0.3 is 11.1 Å². The van der Waals surface area contributed by atoms with Gasteiger partial charge in [0.1, 0.15) is 29.5 Å². The molecular weight excluding hydrogens is 402 g/mol. The summed E-state index contributed by atoms with van der Waals surface area (Å²) in [6.07, 6.45) is 2.23. The number of hydrogen-bond donors (Lipinski definition) is 2. The third-order valence-corrected chi connectivity index (χ3v) is 5.47. The molecule has 9 heteroatoms. The topological polar surface area (TPSA) is 98.7 Å². The van der Waals surface area contributed by atoms with Gasteiger partial charge in [0.05, 0.1) is 11.4 Å². The smallest absolute Gasteiger partial charge is 0.193 e. The summed E-state index contributed by atoms with van der Waals surface area (Å²) < 4.78 is 30.4. The first-order valence-electron chi connectivity index (χ1n) is 9.82. The van der Waals surface area contributed by atoms with Crippen molar-refractivity contribution in [1.82, 2.24) is 25.1 Å². The van der Waals surface area contributed by atoms with Crippen LogP contribution in [0.5, 0.6) is 0 Å². The van der Waals surface area contributed by atoms with Gasteiger partial charge in [-0.1, -0.05) is 18.2 Å². The lowest BCUT2D eigenvalue weighted by Gasteiger charge is -2.09. The Hall–Kier alpha value is -3.72. The van der Waals surface area contributed by atoms with Gasteiger partial charge >= 0.3 is 0 Å². The van der Waals surface area contributed by atoms with E-state index in [0.717, 1.165) is 31.6 Å². The number of nitrogens with zero attached hydrogens (tertiary/aromatic N) is 4. The lowest BCUT2D eigenvalue weighted by atomic mass is 10.00. The summed E-state index contributed by atoms with van der Waals surface area (Å²) in [7, 11) is 0. The van der Waals surface area contributed by atoms with Crippen molar-refractivity contribution in [3.05, 3.63) is 71.6 Å². The van der Waals surface area contributed by atoms with Crippen LogP contribution < -0.4 is 11.1 Å². The van der Waals surface area contributed by atoms with Crippen molar-refractivity contribution < 1.29 is 13.6 Å². The maximum Gasteiger partial charge on any atom is 0.193 e. The standard InChI is InChI=1S/C22H18F2N6O/c23-14-3-1-2-12(8-14)20(31)13-4-5-16(17(24)9-13)19-18-21(25)27-11-28-22(18)30(29-19)15-6-7-26-10-15/h1-5,8-9,11,15,26H,6-7,10H2,(H2,25,27,28)/t15-/m1/s1. The maximum atomic E-state index is 15.2. The number of nitrogens with two attached hydrogens (primary N) is 1. The summed E-state index contributed by atoms with van der Waals surface area (Å²) in [5.41, 5.74) is 7.40. The van der Waals surface area contributed by atoms with Gasteiger partial charge in [0.2, 0.25) is 0 Å². The third kappa shape index (κ3) is 3.32. The molecule has 0 radical (unpaired) electrons. The second-order valence-electron chi connectivity index (χ2n) is 7.43. The van der Waals surface area contributed by atoms with Crippen LogP contribution in [-0.2, 0) is 0 Å². The van der Waals surface area contributed by atoms with Gasteiger partial charge in [0, 0.05) is 23.2 Å². The number of hydrogen-bond acceptors (Lipinski definition) is 6. The van der Waals surface area contributed by atoms with Gasteiger partial charge in [0.25, 0.3) is 0 Å². The highest BCUT2D eigenvalue weighted by Crippen LogP contribution is 2.34. The van der Waals surface area contributed by atoms with E-state index in [1.165, 1.54) is 36.7 Å². The molecule has 3 N–H and O–H groups in total. The normalized spacial score (nSPS) is 16.1. The molecule has 0 spiro atoms. The molecule has 1 aliphatic rings. The van der Waals surface area contributed by atoms with Crippen LogP contribution in [0.2, 0.25) is 0 Å². The zero-order valence-corrected chi connectivity index (χ0v) is 16.3. The molecule has 0 amide bonds. The van der Waals surface area contributed by atoms with Crippen LogP contribution >= 0.6 is 0 Å². The van der Waals surface area contributed by atoms with Crippen LogP contribution in [0.3, 0.4) is 0 Å². The highest BCUT2D eigenvalue weighted by molar-refractivity contribution is 6.09. The van der Waals surface area contributed by atoms with E-state index < -0.39 is 17.4 Å². The number of nitrogens with one attached hydrogen (secondary N) is 1. The molecule has 4 aromatic rings. The number of halogens is 2. The fraction of sp³-hybridized carbons (Fsp3) is 0.182. The van der Waals surface area contributed by atoms with Gasteiger partial charge in [-0.15, -0.1) is 0 Å². The van der Waals surface area contributed by atoms with Crippen LogP contribution in [-0.4, -0.2) is 38.6 Å². The Balaban J connectivity index is 1.60. The van der Waals surface area contributed by atoms with Crippen LogP contribution in [0.15, 0.2) is 48.8 Å². The maximum absolute atomic E-state index is 15.2. The van der Waals surface area contributed by atoms with Crippen molar-refractivity contribution in [2.24, 2.45) is 0 Å². The quantitative estimate of drug-likeness (QED) is 0.492. The lowest BCUT2D eigenvalue weighted by molar-refractivity contribution is 0.103. The molecule has 0 unspecified atom stereocenters. The molecule has 2 aromatic carbocycles. The average molecular weight is 420 g/mol. The molecule has 0 saturated carbocycles. The van der Waals surface area contributed by atoms with Crippen molar-refractivity contribution >= 4 is 22.6 Å².